The molecule has 1 aromatic heterocycles. The van der Waals surface area contributed by atoms with Gasteiger partial charge >= 0.3 is 6.03 Å². The predicted octanol–water partition coefficient (Wildman–Crippen LogP) is 0.482. The summed E-state index contributed by atoms with van der Waals surface area (Å²) in [4.78, 5) is 13.4. The predicted molar refractivity (Wildman–Crippen MR) is 82.8 cm³/mol. The zero-order valence-electron chi connectivity index (χ0n) is 13.6. The summed E-state index contributed by atoms with van der Waals surface area (Å²) in [6, 6.07) is 0.326. The maximum atomic E-state index is 11.5. The molecule has 2 N–H and O–H groups in total. The number of carbonyl (C=O) groups excluding carboxylic acids is 1. The minimum absolute atomic E-state index is 0.0416. The third-order valence-electron chi connectivity index (χ3n) is 4.67. The monoisotopic (exact) mass is 307 g/mol. The van der Waals surface area contributed by atoms with Crippen molar-refractivity contribution >= 4 is 6.03 Å². The van der Waals surface area contributed by atoms with Crippen LogP contribution in [0.25, 0.3) is 0 Å². The van der Waals surface area contributed by atoms with Crippen LogP contribution in [-0.2, 0) is 11.8 Å². The fourth-order valence-electron chi connectivity index (χ4n) is 3.39. The van der Waals surface area contributed by atoms with Gasteiger partial charge in [-0.25, -0.2) is 4.79 Å². The summed E-state index contributed by atoms with van der Waals surface area (Å²) < 4.78 is 7.88. The average molecular weight is 307 g/mol. The van der Waals surface area contributed by atoms with Gasteiger partial charge in [0, 0.05) is 57.1 Å². The van der Waals surface area contributed by atoms with Crippen LogP contribution in [0.3, 0.4) is 0 Å². The van der Waals surface area contributed by atoms with Crippen molar-refractivity contribution < 1.29 is 9.53 Å². The fraction of sp³-hybridized carbons (Fsp3) is 0.733. The molecule has 0 saturated carbocycles. The lowest BCUT2D eigenvalue weighted by Gasteiger charge is -2.22. The maximum Gasteiger partial charge on any atom is 0.317 e. The molecule has 3 heterocycles. The number of nitrogens with one attached hydrogen (secondary N) is 2. The van der Waals surface area contributed by atoms with Crippen LogP contribution in [0.15, 0.2) is 0 Å². The summed E-state index contributed by atoms with van der Waals surface area (Å²) in [5.41, 5.74) is 3.41. The van der Waals surface area contributed by atoms with Gasteiger partial charge in [0.15, 0.2) is 0 Å². The average Bonchev–Trinajstić information content (AvgIpc) is 3.14. The van der Waals surface area contributed by atoms with Crippen molar-refractivity contribution in [2.24, 2.45) is 7.05 Å². The molecule has 0 bridgehead atoms. The second-order valence-corrected chi connectivity index (χ2v) is 6.07. The molecule has 0 aromatic carbocycles. The second-order valence-electron chi connectivity index (χ2n) is 6.07. The van der Waals surface area contributed by atoms with Crippen LogP contribution in [0.4, 0.5) is 4.79 Å². The standard InChI is InChI=1S/C15H25N5O2/c1-10-13(11(2)19(3)18-10)14-12(4-9-22-14)16-5-7-20-8-6-17-15(20)21/h12,14,16H,4-9H2,1-3H3,(H,17,21)/t12-,14-/m1/s1. The largest absolute Gasteiger partial charge is 0.372 e. The molecule has 22 heavy (non-hydrogen) atoms. The minimum Gasteiger partial charge on any atom is -0.372 e. The first-order valence-corrected chi connectivity index (χ1v) is 7.96. The van der Waals surface area contributed by atoms with Crippen LogP contribution in [0, 0.1) is 13.8 Å². The summed E-state index contributed by atoms with van der Waals surface area (Å²) >= 11 is 0. The van der Waals surface area contributed by atoms with Crippen LogP contribution >= 0.6 is 0 Å². The number of aromatic nitrogens is 2. The normalized spacial score (nSPS) is 25.0. The minimum atomic E-state index is 0.0416. The number of nitrogens with zero attached hydrogens (tertiary/aromatic N) is 3. The van der Waals surface area contributed by atoms with E-state index in [4.69, 9.17) is 4.74 Å². The van der Waals surface area contributed by atoms with Gasteiger partial charge in [-0.2, -0.15) is 5.10 Å². The highest BCUT2D eigenvalue weighted by Gasteiger charge is 2.33. The van der Waals surface area contributed by atoms with Crippen LogP contribution in [0.2, 0.25) is 0 Å². The van der Waals surface area contributed by atoms with Gasteiger partial charge in [0.1, 0.15) is 6.10 Å². The molecule has 2 atom stereocenters. The lowest BCUT2D eigenvalue weighted by molar-refractivity contribution is 0.0974. The van der Waals surface area contributed by atoms with E-state index in [1.54, 1.807) is 0 Å². The Labute approximate surface area is 131 Å². The number of hydrogen-bond donors (Lipinski definition) is 2. The Bertz CT molecular complexity index is 556. The van der Waals surface area contributed by atoms with Gasteiger partial charge in [-0.3, -0.25) is 4.68 Å². The van der Waals surface area contributed by atoms with Crippen LogP contribution in [0.5, 0.6) is 0 Å². The molecule has 0 radical (unpaired) electrons. The number of carbonyl (C=O) groups is 1. The zero-order chi connectivity index (χ0) is 15.7. The van der Waals surface area contributed by atoms with Crippen LogP contribution in [-0.4, -0.2) is 59.5 Å². The number of rotatable bonds is 5. The first kappa shape index (κ1) is 15.3. The Morgan fingerprint density at radius 3 is 2.91 bits per heavy atom. The van der Waals surface area contributed by atoms with Crippen LogP contribution < -0.4 is 10.6 Å². The highest BCUT2D eigenvalue weighted by atomic mass is 16.5. The zero-order valence-corrected chi connectivity index (χ0v) is 13.6. The van der Waals surface area contributed by atoms with E-state index in [-0.39, 0.29) is 18.2 Å². The molecule has 0 unspecified atom stereocenters. The quantitative estimate of drug-likeness (QED) is 0.830. The van der Waals surface area contributed by atoms with Gasteiger partial charge in [0.25, 0.3) is 0 Å². The van der Waals surface area contributed by atoms with Crippen molar-refractivity contribution in [3.05, 3.63) is 17.0 Å². The van der Waals surface area contributed by atoms with Crippen molar-refractivity contribution in [2.45, 2.75) is 32.4 Å². The Balaban J connectivity index is 1.60. The molecule has 2 aliphatic heterocycles. The molecule has 3 rings (SSSR count). The molecule has 1 aromatic rings. The maximum absolute atomic E-state index is 11.5. The molecule has 0 spiro atoms. The van der Waals surface area contributed by atoms with E-state index >= 15 is 0 Å². The van der Waals surface area contributed by atoms with Crippen molar-refractivity contribution in [3.63, 3.8) is 0 Å². The van der Waals surface area contributed by atoms with E-state index in [0.717, 1.165) is 50.6 Å². The summed E-state index contributed by atoms with van der Waals surface area (Å²) in [6.07, 6.45) is 1.05. The molecule has 2 amide bonds. The number of ether oxygens (including phenoxy) is 1. The van der Waals surface area contributed by atoms with Crippen molar-refractivity contribution in [1.29, 1.82) is 0 Å². The van der Waals surface area contributed by atoms with Gasteiger partial charge < -0.3 is 20.3 Å². The highest BCUT2D eigenvalue weighted by Crippen LogP contribution is 2.33. The highest BCUT2D eigenvalue weighted by molar-refractivity contribution is 5.76. The Morgan fingerprint density at radius 2 is 2.27 bits per heavy atom. The van der Waals surface area contributed by atoms with E-state index in [2.05, 4.69) is 22.7 Å². The van der Waals surface area contributed by atoms with Gasteiger partial charge in [-0.15, -0.1) is 0 Å². The van der Waals surface area contributed by atoms with Crippen LogP contribution in [0.1, 0.15) is 29.5 Å². The van der Waals surface area contributed by atoms with Crippen molar-refractivity contribution in [2.75, 3.05) is 32.8 Å². The first-order chi connectivity index (χ1) is 10.6. The Hall–Kier alpha value is -1.60. The Morgan fingerprint density at radius 1 is 1.45 bits per heavy atom. The topological polar surface area (TPSA) is 71.4 Å². The van der Waals surface area contributed by atoms with Gasteiger partial charge in [-0.05, 0) is 20.3 Å². The molecule has 7 heteroatoms. The number of amides is 2. The smallest absolute Gasteiger partial charge is 0.317 e. The molecule has 2 aliphatic rings. The Kier molecular flexibility index (Phi) is 4.35. The number of aryl methyl sites for hydroxylation is 2. The lowest BCUT2D eigenvalue weighted by Crippen LogP contribution is -2.39. The van der Waals surface area contributed by atoms with E-state index in [9.17, 15) is 4.79 Å². The van der Waals surface area contributed by atoms with E-state index < -0.39 is 0 Å². The van der Waals surface area contributed by atoms with Crippen molar-refractivity contribution in [3.8, 4) is 0 Å². The van der Waals surface area contributed by atoms with Crippen molar-refractivity contribution in [1.82, 2.24) is 25.3 Å². The first-order valence-electron chi connectivity index (χ1n) is 7.96. The summed E-state index contributed by atoms with van der Waals surface area (Å²) in [7, 11) is 1.97. The van der Waals surface area contributed by atoms with Gasteiger partial charge in [0.05, 0.1) is 5.69 Å². The van der Waals surface area contributed by atoms with E-state index in [1.165, 1.54) is 5.56 Å². The third-order valence-corrected chi connectivity index (χ3v) is 4.67. The summed E-state index contributed by atoms with van der Waals surface area (Å²) in [5, 5.41) is 10.9. The molecular formula is C15H25N5O2. The van der Waals surface area contributed by atoms with Gasteiger partial charge in [0.2, 0.25) is 0 Å². The van der Waals surface area contributed by atoms with Gasteiger partial charge in [-0.1, -0.05) is 0 Å². The molecule has 7 nitrogen and oxygen atoms in total. The molecule has 122 valence electrons. The summed E-state index contributed by atoms with van der Waals surface area (Å²) in [6.45, 7) is 7.96. The number of urea groups is 1. The fourth-order valence-corrected chi connectivity index (χ4v) is 3.39. The SMILES string of the molecule is Cc1nn(C)c(C)c1[C@@H]1OCC[C@H]1NCCN1CCNC1=O. The second kappa shape index (κ2) is 6.26. The van der Waals surface area contributed by atoms with E-state index in [1.807, 2.05) is 23.6 Å². The molecular weight excluding hydrogens is 282 g/mol. The third kappa shape index (κ3) is 2.83. The molecule has 0 aliphatic carbocycles. The molecule has 2 fully saturated rings. The lowest BCUT2D eigenvalue weighted by atomic mass is 10.0. The summed E-state index contributed by atoms with van der Waals surface area (Å²) in [5.74, 6) is 0. The van der Waals surface area contributed by atoms with E-state index in [0.29, 0.717) is 0 Å². The number of hydrogen-bond acceptors (Lipinski definition) is 4. The molecule has 2 saturated heterocycles.